The van der Waals surface area contributed by atoms with Gasteiger partial charge >= 0.3 is 0 Å². The third kappa shape index (κ3) is 3.60. The van der Waals surface area contributed by atoms with Crippen molar-refractivity contribution in [1.82, 2.24) is 10.2 Å². The second-order valence-corrected chi connectivity index (χ2v) is 5.82. The van der Waals surface area contributed by atoms with Crippen LogP contribution >= 0.6 is 0 Å². The third-order valence-electron chi connectivity index (χ3n) is 3.80. The molecule has 0 spiro atoms. The van der Waals surface area contributed by atoms with Gasteiger partial charge in [0, 0.05) is 25.2 Å². The van der Waals surface area contributed by atoms with E-state index in [1.54, 1.807) is 0 Å². The highest BCUT2D eigenvalue weighted by atomic mass is 15.2. The van der Waals surface area contributed by atoms with Crippen LogP contribution < -0.4 is 11.1 Å². The number of hydrogen-bond donors (Lipinski definition) is 2. The standard InChI is InChI=1S/C13H26N4/c1-10(2)9-15-13(14)16-11-5-7-17-6-3-4-12(17)8-11/h10-12H,3-9H2,1-2H3,(H3,14,15,16). The molecule has 2 aliphatic rings. The number of guanidine groups is 1. The van der Waals surface area contributed by atoms with Crippen LogP contribution in [0.4, 0.5) is 0 Å². The molecular weight excluding hydrogens is 212 g/mol. The highest BCUT2D eigenvalue weighted by molar-refractivity contribution is 5.78. The van der Waals surface area contributed by atoms with Crippen LogP contribution in [-0.4, -0.2) is 42.6 Å². The molecular formula is C13H26N4. The van der Waals surface area contributed by atoms with E-state index in [9.17, 15) is 0 Å². The minimum atomic E-state index is 0.533. The normalized spacial score (nSPS) is 30.6. The number of nitrogens with one attached hydrogen (secondary N) is 1. The largest absolute Gasteiger partial charge is 0.370 e. The van der Waals surface area contributed by atoms with E-state index >= 15 is 0 Å². The van der Waals surface area contributed by atoms with Crippen LogP contribution in [0.1, 0.15) is 39.5 Å². The van der Waals surface area contributed by atoms with Crippen LogP contribution in [0.3, 0.4) is 0 Å². The summed E-state index contributed by atoms with van der Waals surface area (Å²) in [7, 11) is 0. The molecule has 2 aliphatic heterocycles. The zero-order valence-corrected chi connectivity index (χ0v) is 11.2. The number of piperidine rings is 1. The molecule has 2 fully saturated rings. The van der Waals surface area contributed by atoms with Gasteiger partial charge < -0.3 is 16.0 Å². The van der Waals surface area contributed by atoms with E-state index in [4.69, 9.17) is 5.73 Å². The molecule has 17 heavy (non-hydrogen) atoms. The molecule has 2 atom stereocenters. The van der Waals surface area contributed by atoms with Crippen molar-refractivity contribution < 1.29 is 0 Å². The Morgan fingerprint density at radius 3 is 3.00 bits per heavy atom. The van der Waals surface area contributed by atoms with Crippen LogP contribution in [0, 0.1) is 5.92 Å². The maximum absolute atomic E-state index is 5.92. The average molecular weight is 238 g/mol. The first-order valence-corrected chi connectivity index (χ1v) is 6.95. The first kappa shape index (κ1) is 12.7. The van der Waals surface area contributed by atoms with E-state index in [0.717, 1.165) is 12.6 Å². The SMILES string of the molecule is CC(C)CN=C(N)NC1CCN2CCCC2C1. The summed E-state index contributed by atoms with van der Waals surface area (Å²) in [6.45, 7) is 7.66. The predicted molar refractivity (Wildman–Crippen MR) is 72.1 cm³/mol. The molecule has 4 heteroatoms. The lowest BCUT2D eigenvalue weighted by molar-refractivity contribution is 0.175. The van der Waals surface area contributed by atoms with Crippen molar-refractivity contribution in [2.45, 2.75) is 51.6 Å². The summed E-state index contributed by atoms with van der Waals surface area (Å²) in [5, 5.41) is 3.39. The Morgan fingerprint density at radius 2 is 2.24 bits per heavy atom. The smallest absolute Gasteiger partial charge is 0.188 e. The summed E-state index contributed by atoms with van der Waals surface area (Å²) in [4.78, 5) is 7.00. The number of aliphatic imine (C=N–C) groups is 1. The molecule has 0 radical (unpaired) electrons. The summed E-state index contributed by atoms with van der Waals surface area (Å²) in [5.74, 6) is 1.21. The minimum Gasteiger partial charge on any atom is -0.370 e. The highest BCUT2D eigenvalue weighted by Gasteiger charge is 2.31. The number of fused-ring (bicyclic) bond motifs is 1. The molecule has 0 aromatic carbocycles. The van der Waals surface area contributed by atoms with Gasteiger partial charge in [0.2, 0.25) is 0 Å². The van der Waals surface area contributed by atoms with Crippen LogP contribution in [0.5, 0.6) is 0 Å². The van der Waals surface area contributed by atoms with Crippen LogP contribution in [-0.2, 0) is 0 Å². The van der Waals surface area contributed by atoms with E-state index in [2.05, 4.69) is 29.1 Å². The van der Waals surface area contributed by atoms with Crippen LogP contribution in [0.2, 0.25) is 0 Å². The molecule has 0 saturated carbocycles. The molecule has 0 amide bonds. The first-order valence-electron chi connectivity index (χ1n) is 6.95. The van der Waals surface area contributed by atoms with Gasteiger partial charge in [0.25, 0.3) is 0 Å². The Bertz CT molecular complexity index is 275. The van der Waals surface area contributed by atoms with Crippen molar-refractivity contribution in [3.8, 4) is 0 Å². The third-order valence-corrected chi connectivity index (χ3v) is 3.80. The van der Waals surface area contributed by atoms with Crippen molar-refractivity contribution in [2.75, 3.05) is 19.6 Å². The molecule has 0 aromatic heterocycles. The minimum absolute atomic E-state index is 0.533. The zero-order chi connectivity index (χ0) is 12.3. The van der Waals surface area contributed by atoms with Gasteiger partial charge in [-0.15, -0.1) is 0 Å². The van der Waals surface area contributed by atoms with Crippen molar-refractivity contribution in [2.24, 2.45) is 16.6 Å². The Labute approximate surface area is 105 Å². The van der Waals surface area contributed by atoms with Gasteiger partial charge in [0.05, 0.1) is 0 Å². The Morgan fingerprint density at radius 1 is 1.41 bits per heavy atom. The molecule has 0 aliphatic carbocycles. The Balaban J connectivity index is 1.77. The van der Waals surface area contributed by atoms with E-state index < -0.39 is 0 Å². The molecule has 98 valence electrons. The number of hydrogen-bond acceptors (Lipinski definition) is 2. The molecule has 2 saturated heterocycles. The molecule has 0 bridgehead atoms. The van der Waals surface area contributed by atoms with Gasteiger partial charge in [-0.05, 0) is 38.1 Å². The summed E-state index contributed by atoms with van der Waals surface area (Å²) in [6, 6.07) is 1.32. The molecule has 4 nitrogen and oxygen atoms in total. The number of rotatable bonds is 3. The highest BCUT2D eigenvalue weighted by Crippen LogP contribution is 2.26. The Kier molecular flexibility index (Phi) is 4.26. The van der Waals surface area contributed by atoms with Gasteiger partial charge in [-0.2, -0.15) is 0 Å². The van der Waals surface area contributed by atoms with E-state index in [-0.39, 0.29) is 0 Å². The number of nitrogens with zero attached hydrogens (tertiary/aromatic N) is 2. The monoisotopic (exact) mass is 238 g/mol. The summed E-state index contributed by atoms with van der Waals surface area (Å²) < 4.78 is 0. The zero-order valence-electron chi connectivity index (χ0n) is 11.2. The van der Waals surface area contributed by atoms with Gasteiger partial charge in [0.1, 0.15) is 0 Å². The van der Waals surface area contributed by atoms with Crippen molar-refractivity contribution in [3.05, 3.63) is 0 Å². The maximum atomic E-state index is 5.92. The fourth-order valence-corrected chi connectivity index (χ4v) is 2.89. The predicted octanol–water partition coefficient (Wildman–Crippen LogP) is 1.17. The van der Waals surface area contributed by atoms with Crippen LogP contribution in [0.15, 0.2) is 4.99 Å². The van der Waals surface area contributed by atoms with Gasteiger partial charge in [-0.3, -0.25) is 4.99 Å². The fraction of sp³-hybridized carbons (Fsp3) is 0.923. The average Bonchev–Trinajstić information content (AvgIpc) is 2.73. The fourth-order valence-electron chi connectivity index (χ4n) is 2.89. The van der Waals surface area contributed by atoms with Crippen molar-refractivity contribution >= 4 is 5.96 Å². The lowest BCUT2D eigenvalue weighted by Gasteiger charge is -2.35. The number of nitrogens with two attached hydrogens (primary N) is 1. The molecule has 2 rings (SSSR count). The van der Waals surface area contributed by atoms with Crippen molar-refractivity contribution in [1.29, 1.82) is 0 Å². The van der Waals surface area contributed by atoms with E-state index in [0.29, 0.717) is 17.9 Å². The Hall–Kier alpha value is -0.770. The lowest BCUT2D eigenvalue weighted by Crippen LogP contribution is -2.49. The van der Waals surface area contributed by atoms with Crippen LogP contribution in [0.25, 0.3) is 0 Å². The van der Waals surface area contributed by atoms with Gasteiger partial charge in [0.15, 0.2) is 5.96 Å². The molecule has 0 aromatic rings. The van der Waals surface area contributed by atoms with E-state index in [1.807, 2.05) is 0 Å². The molecule has 3 N–H and O–H groups in total. The summed E-state index contributed by atoms with van der Waals surface area (Å²) in [5.41, 5.74) is 5.92. The summed E-state index contributed by atoms with van der Waals surface area (Å²) >= 11 is 0. The summed E-state index contributed by atoms with van der Waals surface area (Å²) in [6.07, 6.45) is 5.17. The maximum Gasteiger partial charge on any atom is 0.188 e. The lowest BCUT2D eigenvalue weighted by atomic mass is 9.98. The second-order valence-electron chi connectivity index (χ2n) is 5.82. The van der Waals surface area contributed by atoms with E-state index in [1.165, 1.54) is 38.8 Å². The molecule has 2 heterocycles. The quantitative estimate of drug-likeness (QED) is 0.573. The van der Waals surface area contributed by atoms with Gasteiger partial charge in [-0.1, -0.05) is 13.8 Å². The second kappa shape index (κ2) is 5.71. The topological polar surface area (TPSA) is 53.6 Å². The molecule has 2 unspecified atom stereocenters. The van der Waals surface area contributed by atoms with Gasteiger partial charge in [-0.25, -0.2) is 0 Å². The van der Waals surface area contributed by atoms with Crippen molar-refractivity contribution in [3.63, 3.8) is 0 Å². The first-order chi connectivity index (χ1) is 8.15.